The summed E-state index contributed by atoms with van der Waals surface area (Å²) in [5, 5.41) is 3.26. The summed E-state index contributed by atoms with van der Waals surface area (Å²) in [5.74, 6) is 0.519. The summed E-state index contributed by atoms with van der Waals surface area (Å²) in [6.45, 7) is 2.02. The van der Waals surface area contributed by atoms with E-state index in [2.05, 4.69) is 15.3 Å². The van der Waals surface area contributed by atoms with Gasteiger partial charge in [-0.25, -0.2) is 4.98 Å². The molecule has 0 saturated heterocycles. The third-order valence-electron chi connectivity index (χ3n) is 2.07. The first-order chi connectivity index (χ1) is 7.65. The molecule has 0 aliphatic heterocycles. The second-order valence-corrected chi connectivity index (χ2v) is 3.78. The number of anilines is 3. The van der Waals surface area contributed by atoms with Gasteiger partial charge < -0.3 is 11.1 Å². The number of rotatable bonds is 2. The van der Waals surface area contributed by atoms with E-state index >= 15 is 0 Å². The summed E-state index contributed by atoms with van der Waals surface area (Å²) in [6, 6.07) is 7.90. The van der Waals surface area contributed by atoms with Crippen LogP contribution in [0.15, 0.2) is 30.5 Å². The number of hydrogen-bond donors (Lipinski definition) is 2. The highest BCUT2D eigenvalue weighted by atomic mass is 35.5. The average molecular weight is 235 g/mol. The van der Waals surface area contributed by atoms with E-state index in [1.807, 2.05) is 31.2 Å². The van der Waals surface area contributed by atoms with Gasteiger partial charge in [0.15, 0.2) is 5.82 Å². The summed E-state index contributed by atoms with van der Waals surface area (Å²) in [6.07, 6.45) is 1.48. The molecule has 2 aromatic rings. The minimum Gasteiger partial charge on any atom is -0.394 e. The lowest BCUT2D eigenvalue weighted by Gasteiger charge is -2.08. The summed E-state index contributed by atoms with van der Waals surface area (Å²) in [7, 11) is 0. The molecule has 2 rings (SSSR count). The van der Waals surface area contributed by atoms with Crippen LogP contribution in [0, 0.1) is 6.92 Å². The van der Waals surface area contributed by atoms with Crippen molar-refractivity contribution in [2.45, 2.75) is 6.92 Å². The molecule has 0 bridgehead atoms. The standard InChI is InChI=1S/C11H11ClN4/c1-7-3-2-4-8(5-7)15-10-9(13)6-14-11(12)16-10/h2-6H,13H2,1H3,(H,14,15,16). The van der Waals surface area contributed by atoms with Crippen LogP contribution in [0.5, 0.6) is 0 Å². The number of nitrogen functional groups attached to an aromatic ring is 1. The SMILES string of the molecule is Cc1cccc(Nc2nc(Cl)ncc2N)c1. The van der Waals surface area contributed by atoms with Crippen LogP contribution in [0.3, 0.4) is 0 Å². The Bertz CT molecular complexity index is 513. The summed E-state index contributed by atoms with van der Waals surface area (Å²) < 4.78 is 0. The van der Waals surface area contributed by atoms with Gasteiger partial charge in [0.2, 0.25) is 5.28 Å². The van der Waals surface area contributed by atoms with Crippen LogP contribution in [0.25, 0.3) is 0 Å². The fourth-order valence-corrected chi connectivity index (χ4v) is 1.46. The maximum Gasteiger partial charge on any atom is 0.224 e. The van der Waals surface area contributed by atoms with Gasteiger partial charge in [-0.2, -0.15) is 4.98 Å². The molecule has 5 heteroatoms. The second-order valence-electron chi connectivity index (χ2n) is 3.44. The molecule has 4 nitrogen and oxygen atoms in total. The first-order valence-corrected chi connectivity index (χ1v) is 5.14. The van der Waals surface area contributed by atoms with E-state index in [4.69, 9.17) is 17.3 Å². The Kier molecular flexibility index (Phi) is 2.92. The first-order valence-electron chi connectivity index (χ1n) is 4.77. The van der Waals surface area contributed by atoms with Gasteiger partial charge in [0.1, 0.15) is 0 Å². The van der Waals surface area contributed by atoms with Crippen molar-refractivity contribution in [3.05, 3.63) is 41.3 Å². The normalized spacial score (nSPS) is 10.1. The molecule has 0 fully saturated rings. The van der Waals surface area contributed by atoms with Crippen molar-refractivity contribution >= 4 is 28.8 Å². The number of nitrogens with zero attached hydrogens (tertiary/aromatic N) is 2. The molecule has 0 spiro atoms. The highest BCUT2D eigenvalue weighted by molar-refractivity contribution is 6.28. The number of halogens is 1. The third-order valence-corrected chi connectivity index (χ3v) is 2.25. The quantitative estimate of drug-likeness (QED) is 0.785. The molecule has 1 aromatic carbocycles. The molecular weight excluding hydrogens is 224 g/mol. The molecule has 16 heavy (non-hydrogen) atoms. The van der Waals surface area contributed by atoms with Gasteiger partial charge in [-0.1, -0.05) is 12.1 Å². The molecule has 0 amide bonds. The van der Waals surface area contributed by atoms with Gasteiger partial charge in [-0.05, 0) is 36.2 Å². The van der Waals surface area contributed by atoms with Crippen molar-refractivity contribution in [1.29, 1.82) is 0 Å². The van der Waals surface area contributed by atoms with Gasteiger partial charge >= 0.3 is 0 Å². The summed E-state index contributed by atoms with van der Waals surface area (Å²) in [4.78, 5) is 7.80. The maximum absolute atomic E-state index is 5.73. The van der Waals surface area contributed by atoms with Crippen molar-refractivity contribution in [2.75, 3.05) is 11.1 Å². The Morgan fingerprint density at radius 2 is 2.19 bits per heavy atom. The predicted octanol–water partition coefficient (Wildman–Crippen LogP) is 2.76. The zero-order valence-electron chi connectivity index (χ0n) is 8.74. The number of aromatic nitrogens is 2. The third kappa shape index (κ3) is 2.41. The van der Waals surface area contributed by atoms with Crippen LogP contribution in [0.4, 0.5) is 17.2 Å². The average Bonchev–Trinajstić information content (AvgIpc) is 2.24. The monoisotopic (exact) mass is 234 g/mol. The van der Waals surface area contributed by atoms with Gasteiger partial charge in [-0.15, -0.1) is 0 Å². The van der Waals surface area contributed by atoms with Crippen LogP contribution in [0.1, 0.15) is 5.56 Å². The highest BCUT2D eigenvalue weighted by Gasteiger charge is 2.03. The fourth-order valence-electron chi connectivity index (χ4n) is 1.33. The molecule has 0 aliphatic rings. The molecule has 0 atom stereocenters. The molecule has 1 aromatic heterocycles. The van der Waals surface area contributed by atoms with Crippen LogP contribution in [0.2, 0.25) is 5.28 Å². The van der Waals surface area contributed by atoms with Gasteiger partial charge in [0, 0.05) is 5.69 Å². The number of hydrogen-bond acceptors (Lipinski definition) is 4. The Morgan fingerprint density at radius 3 is 2.94 bits per heavy atom. The summed E-state index contributed by atoms with van der Waals surface area (Å²) >= 11 is 5.70. The molecule has 3 N–H and O–H groups in total. The van der Waals surface area contributed by atoms with Crippen molar-refractivity contribution in [1.82, 2.24) is 9.97 Å². The lowest BCUT2D eigenvalue weighted by Crippen LogP contribution is -2.00. The molecule has 0 saturated carbocycles. The van der Waals surface area contributed by atoms with E-state index in [0.29, 0.717) is 11.5 Å². The molecule has 0 aliphatic carbocycles. The van der Waals surface area contributed by atoms with E-state index in [0.717, 1.165) is 11.3 Å². The first kappa shape index (κ1) is 10.7. The maximum atomic E-state index is 5.73. The fraction of sp³-hybridized carbons (Fsp3) is 0.0909. The van der Waals surface area contributed by atoms with E-state index in [1.54, 1.807) is 0 Å². The number of aryl methyl sites for hydroxylation is 1. The van der Waals surface area contributed by atoms with Crippen molar-refractivity contribution < 1.29 is 0 Å². The largest absolute Gasteiger partial charge is 0.394 e. The predicted molar refractivity (Wildman–Crippen MR) is 65.9 cm³/mol. The smallest absolute Gasteiger partial charge is 0.224 e. The Labute approximate surface area is 98.5 Å². The molecular formula is C11H11ClN4. The van der Waals surface area contributed by atoms with E-state index in [9.17, 15) is 0 Å². The lowest BCUT2D eigenvalue weighted by molar-refractivity contribution is 1.17. The second kappa shape index (κ2) is 4.37. The van der Waals surface area contributed by atoms with Crippen LogP contribution in [-0.2, 0) is 0 Å². The topological polar surface area (TPSA) is 63.8 Å². The lowest BCUT2D eigenvalue weighted by atomic mass is 10.2. The minimum atomic E-state index is 0.171. The van der Waals surface area contributed by atoms with Gasteiger partial charge in [-0.3, -0.25) is 0 Å². The number of benzene rings is 1. The van der Waals surface area contributed by atoms with Crippen molar-refractivity contribution in [3.8, 4) is 0 Å². The van der Waals surface area contributed by atoms with Gasteiger partial charge in [0.05, 0.1) is 11.9 Å². The zero-order valence-corrected chi connectivity index (χ0v) is 9.49. The molecule has 0 radical (unpaired) electrons. The Hall–Kier alpha value is -1.81. The Morgan fingerprint density at radius 1 is 1.38 bits per heavy atom. The number of nitrogens with one attached hydrogen (secondary N) is 1. The van der Waals surface area contributed by atoms with Crippen molar-refractivity contribution in [3.63, 3.8) is 0 Å². The van der Waals surface area contributed by atoms with Crippen LogP contribution >= 0.6 is 11.6 Å². The highest BCUT2D eigenvalue weighted by Crippen LogP contribution is 2.21. The van der Waals surface area contributed by atoms with Crippen LogP contribution in [-0.4, -0.2) is 9.97 Å². The van der Waals surface area contributed by atoms with Crippen LogP contribution < -0.4 is 11.1 Å². The van der Waals surface area contributed by atoms with E-state index in [1.165, 1.54) is 6.20 Å². The van der Waals surface area contributed by atoms with Crippen molar-refractivity contribution in [2.24, 2.45) is 0 Å². The molecule has 0 unspecified atom stereocenters. The van der Waals surface area contributed by atoms with E-state index in [-0.39, 0.29) is 5.28 Å². The van der Waals surface area contributed by atoms with E-state index < -0.39 is 0 Å². The zero-order chi connectivity index (χ0) is 11.5. The number of nitrogens with two attached hydrogens (primary N) is 1. The Balaban J connectivity index is 2.30. The molecule has 82 valence electrons. The summed E-state index contributed by atoms with van der Waals surface area (Å²) in [5.41, 5.74) is 8.27. The molecule has 1 heterocycles. The van der Waals surface area contributed by atoms with Gasteiger partial charge in [0.25, 0.3) is 0 Å². The minimum absolute atomic E-state index is 0.171.